The minimum absolute atomic E-state index is 0.216. The van der Waals surface area contributed by atoms with Crippen LogP contribution in [0.1, 0.15) is 19.3 Å². The molecule has 0 aromatic rings. The number of rotatable bonds is 4. The second-order valence-corrected chi connectivity index (χ2v) is 5.68. The van der Waals surface area contributed by atoms with Crippen molar-refractivity contribution in [3.63, 3.8) is 0 Å². The van der Waals surface area contributed by atoms with Crippen molar-refractivity contribution in [1.29, 1.82) is 0 Å². The van der Waals surface area contributed by atoms with Crippen molar-refractivity contribution in [2.45, 2.75) is 19.3 Å². The van der Waals surface area contributed by atoms with Crippen LogP contribution in [0.4, 0.5) is 0 Å². The molecular formula is C17H23ClN4. The Hall–Kier alpha value is -1.65. The summed E-state index contributed by atoms with van der Waals surface area (Å²) in [6.07, 6.45) is 16.1. The van der Waals surface area contributed by atoms with Crippen LogP contribution in [-0.2, 0) is 0 Å². The molecule has 0 unspecified atom stereocenters. The third-order valence-corrected chi connectivity index (χ3v) is 4.09. The van der Waals surface area contributed by atoms with E-state index in [1.54, 1.807) is 7.05 Å². The van der Waals surface area contributed by atoms with E-state index in [4.69, 9.17) is 17.3 Å². The lowest BCUT2D eigenvalue weighted by molar-refractivity contribution is 0.301. The highest BCUT2D eigenvalue weighted by Crippen LogP contribution is 2.17. The summed E-state index contributed by atoms with van der Waals surface area (Å²) in [5, 5.41) is 0.460. The molecular weight excluding hydrogens is 296 g/mol. The molecule has 5 heteroatoms. The molecule has 2 rings (SSSR count). The maximum Gasteiger partial charge on any atom is 0.216 e. The Labute approximate surface area is 137 Å². The van der Waals surface area contributed by atoms with Crippen LogP contribution in [0.15, 0.2) is 57.6 Å². The van der Waals surface area contributed by atoms with Crippen molar-refractivity contribution in [3.8, 4) is 0 Å². The standard InChI is InChI=1S/C17H23ClN4/c1-20-17(19)21-16(18)15-9-12-22(13-10-15)11-8-14-6-4-2-3-5-7-14/h2,4-7,9H,3,8,10-13H2,1H3,(H2,19,20)/b21-16+. The van der Waals surface area contributed by atoms with Gasteiger partial charge in [0.2, 0.25) is 5.96 Å². The SMILES string of the molecule is CN=C(N)/N=C(/Cl)C1=CCN(CCC2=CC=CCC=C2)CC1. The first-order valence-electron chi connectivity index (χ1n) is 7.59. The molecule has 0 saturated heterocycles. The molecule has 0 atom stereocenters. The van der Waals surface area contributed by atoms with Gasteiger partial charge in [0.25, 0.3) is 0 Å². The van der Waals surface area contributed by atoms with E-state index in [0.717, 1.165) is 44.5 Å². The number of hydrogen-bond acceptors (Lipinski definition) is 2. The van der Waals surface area contributed by atoms with Crippen molar-refractivity contribution in [2.75, 3.05) is 26.7 Å². The van der Waals surface area contributed by atoms with E-state index in [2.05, 4.69) is 51.3 Å². The number of allylic oxidation sites excluding steroid dienone is 5. The van der Waals surface area contributed by atoms with Crippen LogP contribution >= 0.6 is 11.6 Å². The fraction of sp³-hybridized carbons (Fsp3) is 0.412. The average molecular weight is 319 g/mol. The lowest BCUT2D eigenvalue weighted by Crippen LogP contribution is -2.31. The quantitative estimate of drug-likeness (QED) is 0.640. The highest BCUT2D eigenvalue weighted by atomic mass is 35.5. The summed E-state index contributed by atoms with van der Waals surface area (Å²) in [5.74, 6) is 0.216. The van der Waals surface area contributed by atoms with Crippen LogP contribution in [-0.4, -0.2) is 42.7 Å². The molecule has 2 aliphatic rings. The van der Waals surface area contributed by atoms with E-state index >= 15 is 0 Å². The smallest absolute Gasteiger partial charge is 0.216 e. The molecule has 118 valence electrons. The maximum absolute atomic E-state index is 6.17. The first-order valence-corrected chi connectivity index (χ1v) is 7.97. The van der Waals surface area contributed by atoms with Crippen LogP contribution in [0, 0.1) is 0 Å². The third kappa shape index (κ3) is 5.28. The highest BCUT2D eigenvalue weighted by molar-refractivity contribution is 6.70. The first kappa shape index (κ1) is 16.7. The Balaban J connectivity index is 1.85. The van der Waals surface area contributed by atoms with E-state index in [1.165, 1.54) is 5.57 Å². The van der Waals surface area contributed by atoms with Gasteiger partial charge in [0.05, 0.1) is 0 Å². The van der Waals surface area contributed by atoms with Crippen molar-refractivity contribution in [1.82, 2.24) is 4.90 Å². The lowest BCUT2D eigenvalue weighted by atomic mass is 10.1. The topological polar surface area (TPSA) is 54.0 Å². The highest BCUT2D eigenvalue weighted by Gasteiger charge is 2.14. The first-order chi connectivity index (χ1) is 10.7. The molecule has 2 N–H and O–H groups in total. The van der Waals surface area contributed by atoms with Gasteiger partial charge >= 0.3 is 0 Å². The molecule has 0 aromatic heterocycles. The van der Waals surface area contributed by atoms with E-state index in [-0.39, 0.29) is 5.96 Å². The van der Waals surface area contributed by atoms with Crippen molar-refractivity contribution in [2.24, 2.45) is 15.7 Å². The number of aliphatic imine (C=N–C) groups is 2. The molecule has 0 saturated carbocycles. The monoisotopic (exact) mass is 318 g/mol. The van der Waals surface area contributed by atoms with Gasteiger partial charge in [0, 0.05) is 26.7 Å². The molecule has 1 aliphatic carbocycles. The van der Waals surface area contributed by atoms with Crippen molar-refractivity contribution >= 4 is 22.7 Å². The van der Waals surface area contributed by atoms with Gasteiger partial charge in [0.15, 0.2) is 0 Å². The third-order valence-electron chi connectivity index (χ3n) is 3.77. The van der Waals surface area contributed by atoms with Crippen LogP contribution in [0.25, 0.3) is 0 Å². The summed E-state index contributed by atoms with van der Waals surface area (Å²) >= 11 is 6.17. The zero-order chi connectivity index (χ0) is 15.8. The van der Waals surface area contributed by atoms with E-state index in [1.807, 2.05) is 0 Å². The number of nitrogens with two attached hydrogens (primary N) is 1. The summed E-state index contributed by atoms with van der Waals surface area (Å²) in [6.45, 7) is 2.95. The molecule has 0 aromatic carbocycles. The van der Waals surface area contributed by atoms with Gasteiger partial charge in [0.1, 0.15) is 5.17 Å². The van der Waals surface area contributed by atoms with Gasteiger partial charge in [-0.2, -0.15) is 0 Å². The average Bonchev–Trinajstić information content (AvgIpc) is 2.82. The predicted octanol–water partition coefficient (Wildman–Crippen LogP) is 3.03. The van der Waals surface area contributed by atoms with E-state index < -0.39 is 0 Å². The molecule has 1 aliphatic heterocycles. The molecule has 4 nitrogen and oxygen atoms in total. The summed E-state index contributed by atoms with van der Waals surface area (Å²) < 4.78 is 0. The molecule has 22 heavy (non-hydrogen) atoms. The Kier molecular flexibility index (Phi) is 6.62. The van der Waals surface area contributed by atoms with Gasteiger partial charge < -0.3 is 5.73 Å². The zero-order valence-corrected chi connectivity index (χ0v) is 13.8. The lowest BCUT2D eigenvalue weighted by Gasteiger charge is -2.25. The molecule has 0 radical (unpaired) electrons. The zero-order valence-electron chi connectivity index (χ0n) is 13.0. The predicted molar refractivity (Wildman–Crippen MR) is 95.6 cm³/mol. The summed E-state index contributed by atoms with van der Waals surface area (Å²) in [6, 6.07) is 0. The Morgan fingerprint density at radius 2 is 2.27 bits per heavy atom. The van der Waals surface area contributed by atoms with Gasteiger partial charge in [-0.3, -0.25) is 9.89 Å². The minimum Gasteiger partial charge on any atom is -0.368 e. The minimum atomic E-state index is 0.216. The summed E-state index contributed by atoms with van der Waals surface area (Å²) in [7, 11) is 1.60. The molecule has 0 fully saturated rings. The maximum atomic E-state index is 6.17. The number of halogens is 1. The largest absolute Gasteiger partial charge is 0.368 e. The number of hydrogen-bond donors (Lipinski definition) is 1. The second kappa shape index (κ2) is 8.71. The number of nitrogens with zero attached hydrogens (tertiary/aromatic N) is 3. The molecule has 0 amide bonds. The summed E-state index contributed by atoms with van der Waals surface area (Å²) in [4.78, 5) is 10.3. The number of guanidine groups is 1. The van der Waals surface area contributed by atoms with Crippen molar-refractivity contribution < 1.29 is 0 Å². The van der Waals surface area contributed by atoms with E-state index in [0.29, 0.717) is 5.17 Å². The normalized spacial score (nSPS) is 20.6. The molecule has 1 heterocycles. The fourth-order valence-corrected chi connectivity index (χ4v) is 2.66. The van der Waals surface area contributed by atoms with Gasteiger partial charge in [-0.1, -0.05) is 48.1 Å². The second-order valence-electron chi connectivity index (χ2n) is 5.32. The van der Waals surface area contributed by atoms with Crippen LogP contribution in [0.3, 0.4) is 0 Å². The Bertz CT molecular complexity index is 567. The molecule has 0 bridgehead atoms. The Morgan fingerprint density at radius 1 is 1.41 bits per heavy atom. The van der Waals surface area contributed by atoms with Crippen LogP contribution < -0.4 is 5.73 Å². The van der Waals surface area contributed by atoms with Crippen molar-refractivity contribution in [3.05, 3.63) is 47.6 Å². The van der Waals surface area contributed by atoms with Crippen LogP contribution in [0.2, 0.25) is 0 Å². The fourth-order valence-electron chi connectivity index (χ4n) is 2.40. The van der Waals surface area contributed by atoms with Gasteiger partial charge in [-0.15, -0.1) is 0 Å². The van der Waals surface area contributed by atoms with Crippen LogP contribution in [0.5, 0.6) is 0 Å². The van der Waals surface area contributed by atoms with Gasteiger partial charge in [-0.05, 0) is 30.4 Å². The summed E-state index contributed by atoms with van der Waals surface area (Å²) in [5.41, 5.74) is 8.01. The Morgan fingerprint density at radius 3 is 3.00 bits per heavy atom. The van der Waals surface area contributed by atoms with Gasteiger partial charge in [-0.25, -0.2) is 4.99 Å². The molecule has 0 spiro atoms. The van der Waals surface area contributed by atoms with E-state index in [9.17, 15) is 0 Å².